The van der Waals surface area contributed by atoms with E-state index in [9.17, 15) is 4.79 Å². The summed E-state index contributed by atoms with van der Waals surface area (Å²) in [6, 6.07) is 8.44. The standard InChI is InChI=1S/C18H28N4O/c1-18(21(2)3)10-8-14(9-11-18)19-12-13-22-16-7-5-4-6-15(16)20-17(22)23/h4-7,14,19H,8-13H2,1-3H3,(H,20,23). The monoisotopic (exact) mass is 316 g/mol. The van der Waals surface area contributed by atoms with Crippen molar-refractivity contribution in [2.24, 2.45) is 0 Å². The van der Waals surface area contributed by atoms with Crippen LogP contribution >= 0.6 is 0 Å². The predicted molar refractivity (Wildman–Crippen MR) is 94.9 cm³/mol. The minimum absolute atomic E-state index is 0.0168. The molecule has 2 aromatic rings. The average Bonchev–Trinajstić information content (AvgIpc) is 2.85. The van der Waals surface area contributed by atoms with Gasteiger partial charge in [0.2, 0.25) is 0 Å². The number of aromatic amines is 1. The Morgan fingerprint density at radius 3 is 2.70 bits per heavy atom. The van der Waals surface area contributed by atoms with Crippen molar-refractivity contribution in [1.29, 1.82) is 0 Å². The SMILES string of the molecule is CN(C)C1(C)CCC(NCCn2c(=O)[nH]c3ccccc32)CC1. The summed E-state index contributed by atoms with van der Waals surface area (Å²) in [7, 11) is 4.36. The Morgan fingerprint density at radius 2 is 2.00 bits per heavy atom. The highest BCUT2D eigenvalue weighted by Crippen LogP contribution is 2.31. The quantitative estimate of drug-likeness (QED) is 0.889. The van der Waals surface area contributed by atoms with Crippen LogP contribution in [0.1, 0.15) is 32.6 Å². The predicted octanol–water partition coefficient (Wildman–Crippen LogP) is 2.18. The largest absolute Gasteiger partial charge is 0.326 e. The summed E-state index contributed by atoms with van der Waals surface area (Å²) in [4.78, 5) is 17.3. The fourth-order valence-corrected chi connectivity index (χ4v) is 3.60. The van der Waals surface area contributed by atoms with Gasteiger partial charge in [-0.15, -0.1) is 0 Å². The highest BCUT2D eigenvalue weighted by atomic mass is 16.1. The number of hydrogen-bond acceptors (Lipinski definition) is 3. The van der Waals surface area contributed by atoms with Crippen LogP contribution in [0.5, 0.6) is 0 Å². The zero-order valence-corrected chi connectivity index (χ0v) is 14.4. The van der Waals surface area contributed by atoms with Gasteiger partial charge in [-0.25, -0.2) is 4.79 Å². The van der Waals surface area contributed by atoms with Gasteiger partial charge in [0.15, 0.2) is 0 Å². The van der Waals surface area contributed by atoms with Crippen molar-refractivity contribution < 1.29 is 0 Å². The number of aromatic nitrogens is 2. The van der Waals surface area contributed by atoms with Gasteiger partial charge < -0.3 is 15.2 Å². The van der Waals surface area contributed by atoms with E-state index < -0.39 is 0 Å². The minimum atomic E-state index is -0.0168. The van der Waals surface area contributed by atoms with E-state index in [1.165, 1.54) is 25.7 Å². The van der Waals surface area contributed by atoms with Gasteiger partial charge in [0, 0.05) is 24.7 Å². The Morgan fingerprint density at radius 1 is 1.30 bits per heavy atom. The molecule has 126 valence electrons. The smallest absolute Gasteiger partial charge is 0.312 e. The molecule has 0 unspecified atom stereocenters. The molecular formula is C18H28N4O. The van der Waals surface area contributed by atoms with Crippen LogP contribution in [0, 0.1) is 0 Å². The first-order chi connectivity index (χ1) is 11.0. The van der Waals surface area contributed by atoms with Crippen molar-refractivity contribution in [2.45, 2.75) is 50.7 Å². The van der Waals surface area contributed by atoms with E-state index in [2.05, 4.69) is 36.2 Å². The lowest BCUT2D eigenvalue weighted by Gasteiger charge is -2.42. The Hall–Kier alpha value is -1.59. The molecule has 1 heterocycles. The highest BCUT2D eigenvalue weighted by molar-refractivity contribution is 5.74. The lowest BCUT2D eigenvalue weighted by molar-refractivity contribution is 0.106. The van der Waals surface area contributed by atoms with Crippen molar-refractivity contribution in [3.63, 3.8) is 0 Å². The average molecular weight is 316 g/mol. The van der Waals surface area contributed by atoms with Gasteiger partial charge in [-0.2, -0.15) is 0 Å². The Balaban J connectivity index is 1.54. The molecule has 1 aromatic carbocycles. The molecule has 1 aliphatic carbocycles. The zero-order valence-electron chi connectivity index (χ0n) is 14.4. The number of hydrogen-bond donors (Lipinski definition) is 2. The molecule has 0 bridgehead atoms. The second-order valence-corrected chi connectivity index (χ2v) is 7.22. The third kappa shape index (κ3) is 3.35. The van der Waals surface area contributed by atoms with E-state index in [4.69, 9.17) is 0 Å². The topological polar surface area (TPSA) is 53.1 Å². The molecule has 3 rings (SSSR count). The fraction of sp³-hybridized carbons (Fsp3) is 0.611. The molecule has 5 heteroatoms. The summed E-state index contributed by atoms with van der Waals surface area (Å²) in [6.07, 6.45) is 4.87. The molecule has 1 aliphatic rings. The molecule has 0 amide bonds. The summed E-state index contributed by atoms with van der Waals surface area (Å²) in [5.74, 6) is 0. The molecule has 1 fully saturated rings. The first-order valence-electron chi connectivity index (χ1n) is 8.58. The Kier molecular flexibility index (Phi) is 4.60. The number of nitrogens with zero attached hydrogens (tertiary/aromatic N) is 2. The lowest BCUT2D eigenvalue weighted by Crippen LogP contribution is -2.48. The van der Waals surface area contributed by atoms with Crippen LogP contribution < -0.4 is 11.0 Å². The van der Waals surface area contributed by atoms with Gasteiger partial charge in [-0.1, -0.05) is 12.1 Å². The minimum Gasteiger partial charge on any atom is -0.312 e. The summed E-state index contributed by atoms with van der Waals surface area (Å²) in [6.45, 7) is 3.91. The summed E-state index contributed by atoms with van der Waals surface area (Å²) in [5.41, 5.74) is 2.23. The molecule has 1 saturated carbocycles. The molecule has 0 aliphatic heterocycles. The molecule has 2 N–H and O–H groups in total. The first-order valence-corrected chi connectivity index (χ1v) is 8.58. The summed E-state index contributed by atoms with van der Waals surface area (Å²) in [5, 5.41) is 3.64. The van der Waals surface area contributed by atoms with Crippen LogP contribution in [0.15, 0.2) is 29.1 Å². The number of H-pyrrole nitrogens is 1. The van der Waals surface area contributed by atoms with Crippen LogP contribution in [-0.4, -0.2) is 46.7 Å². The van der Waals surface area contributed by atoms with Crippen molar-refractivity contribution >= 4 is 11.0 Å². The van der Waals surface area contributed by atoms with E-state index in [0.29, 0.717) is 18.1 Å². The molecule has 0 spiro atoms. The van der Waals surface area contributed by atoms with Gasteiger partial charge >= 0.3 is 5.69 Å². The molecule has 0 atom stereocenters. The van der Waals surface area contributed by atoms with Crippen molar-refractivity contribution in [1.82, 2.24) is 19.8 Å². The second kappa shape index (κ2) is 6.49. The summed E-state index contributed by atoms with van der Waals surface area (Å²) < 4.78 is 1.83. The van der Waals surface area contributed by atoms with Gasteiger partial charge in [-0.3, -0.25) is 4.57 Å². The molecule has 0 radical (unpaired) electrons. The van der Waals surface area contributed by atoms with Crippen LogP contribution in [-0.2, 0) is 6.54 Å². The number of nitrogens with one attached hydrogen (secondary N) is 2. The van der Waals surface area contributed by atoms with Gasteiger partial charge in [-0.05, 0) is 58.8 Å². The van der Waals surface area contributed by atoms with E-state index in [-0.39, 0.29) is 5.69 Å². The first kappa shape index (κ1) is 16.3. The lowest BCUT2D eigenvalue weighted by atomic mass is 9.80. The van der Waals surface area contributed by atoms with Gasteiger partial charge in [0.05, 0.1) is 11.0 Å². The third-order valence-corrected chi connectivity index (χ3v) is 5.59. The van der Waals surface area contributed by atoms with Crippen LogP contribution in [0.4, 0.5) is 0 Å². The Bertz CT molecular complexity index is 707. The molecule has 5 nitrogen and oxygen atoms in total. The molecule has 0 saturated heterocycles. The number of imidazole rings is 1. The maximum absolute atomic E-state index is 12.1. The number of benzene rings is 1. The number of fused-ring (bicyclic) bond motifs is 1. The third-order valence-electron chi connectivity index (χ3n) is 5.59. The van der Waals surface area contributed by atoms with Crippen LogP contribution in [0.3, 0.4) is 0 Å². The van der Waals surface area contributed by atoms with Crippen molar-refractivity contribution in [3.8, 4) is 0 Å². The van der Waals surface area contributed by atoms with Gasteiger partial charge in [0.25, 0.3) is 0 Å². The maximum atomic E-state index is 12.1. The summed E-state index contributed by atoms with van der Waals surface area (Å²) >= 11 is 0. The van der Waals surface area contributed by atoms with Crippen molar-refractivity contribution in [3.05, 3.63) is 34.7 Å². The molecule has 23 heavy (non-hydrogen) atoms. The fourth-order valence-electron chi connectivity index (χ4n) is 3.60. The zero-order chi connectivity index (χ0) is 16.4. The van der Waals surface area contributed by atoms with Crippen molar-refractivity contribution in [2.75, 3.05) is 20.6 Å². The van der Waals surface area contributed by atoms with E-state index in [1.807, 2.05) is 28.8 Å². The van der Waals surface area contributed by atoms with Crippen LogP contribution in [0.2, 0.25) is 0 Å². The van der Waals surface area contributed by atoms with Crippen LogP contribution in [0.25, 0.3) is 11.0 Å². The van der Waals surface area contributed by atoms with Gasteiger partial charge in [0.1, 0.15) is 0 Å². The van der Waals surface area contributed by atoms with E-state index in [1.54, 1.807) is 0 Å². The second-order valence-electron chi connectivity index (χ2n) is 7.22. The Labute approximate surface area is 137 Å². The molecular weight excluding hydrogens is 288 g/mol. The maximum Gasteiger partial charge on any atom is 0.326 e. The van der Waals surface area contributed by atoms with E-state index >= 15 is 0 Å². The number of para-hydroxylation sites is 2. The molecule has 1 aromatic heterocycles. The number of rotatable bonds is 5. The van der Waals surface area contributed by atoms with E-state index in [0.717, 1.165) is 17.6 Å². The normalized spacial score (nSPS) is 25.3. The highest BCUT2D eigenvalue weighted by Gasteiger charge is 2.32.